The van der Waals surface area contributed by atoms with Gasteiger partial charge in [-0.1, -0.05) is 0 Å². The zero-order valence-corrected chi connectivity index (χ0v) is 47.4. The van der Waals surface area contributed by atoms with Gasteiger partial charge in [0.2, 0.25) is 0 Å². The first-order valence-electron chi connectivity index (χ1n) is 13.3. The van der Waals surface area contributed by atoms with Gasteiger partial charge in [-0.3, -0.25) is 36.5 Å². The predicted molar refractivity (Wildman–Crippen MR) is 181 cm³/mol. The summed E-state index contributed by atoms with van der Waals surface area (Å²) in [5.74, 6) is 0. The van der Waals surface area contributed by atoms with Crippen LogP contribution in [0.3, 0.4) is 0 Å². The zero-order chi connectivity index (χ0) is 43.4. The fraction of sp³-hybridized carbons (Fsp3) is 1.00. The molecule has 0 aliphatic heterocycles. The minimum Gasteiger partial charge on any atom is -1.00 e. The molecule has 0 spiro atoms. The van der Waals surface area contributed by atoms with Gasteiger partial charge in [0, 0.05) is 0 Å². The molecule has 0 aromatic heterocycles. The van der Waals surface area contributed by atoms with Crippen molar-refractivity contribution in [2.24, 2.45) is 0 Å². The third-order valence-corrected chi connectivity index (χ3v) is 18.6. The Morgan fingerprint density at radius 1 is 0.304 bits per heavy atom. The van der Waals surface area contributed by atoms with E-state index in [9.17, 15) is 36.5 Å². The summed E-state index contributed by atoms with van der Waals surface area (Å²) in [5.41, 5.74) is -10.7. The zero-order valence-electron chi connectivity index (χ0n) is 36.3. The molecule has 16 N–H and O–H groups in total. The summed E-state index contributed by atoms with van der Waals surface area (Å²) in [5, 5.41) is 35.0. The number of aliphatic hydroxyl groups is 4. The summed E-state index contributed by atoms with van der Waals surface area (Å²) in [4.78, 5) is 103. The molecule has 0 aromatic carbocycles. The van der Waals surface area contributed by atoms with E-state index < -0.39 is 108 Å². The van der Waals surface area contributed by atoms with Crippen LogP contribution >= 0.6 is 60.8 Å². The second-order valence-electron chi connectivity index (χ2n) is 10.6. The van der Waals surface area contributed by atoms with Crippen molar-refractivity contribution >= 4 is 60.8 Å². The van der Waals surface area contributed by atoms with E-state index in [1.165, 1.54) is 55.4 Å². The van der Waals surface area contributed by atoms with Crippen LogP contribution in [0.4, 0.5) is 0 Å². The summed E-state index contributed by atoms with van der Waals surface area (Å²) in [7, 11) is -38.7. The molecule has 40 heteroatoms. The van der Waals surface area contributed by atoms with E-state index in [1.807, 2.05) is 0 Å². The molecule has 0 saturated carbocycles. The summed E-state index contributed by atoms with van der Waals surface area (Å²) >= 11 is 0. The van der Waals surface area contributed by atoms with Crippen LogP contribution in [0.15, 0.2) is 0 Å². The number of hydrogen-bond acceptors (Lipinski definition) is 16. The fourth-order valence-electron chi connectivity index (χ4n) is 2.19. The van der Waals surface area contributed by atoms with Gasteiger partial charge >= 0.3 is 179 Å². The van der Waals surface area contributed by atoms with E-state index in [0.29, 0.717) is 0 Å². The maximum Gasteiger partial charge on any atom is 1.00 e. The molecular weight excluding hydrogens is 980 g/mol. The third-order valence-electron chi connectivity index (χ3n) is 3.82. The van der Waals surface area contributed by atoms with Crippen molar-refractivity contribution < 1.29 is 258 Å². The standard InChI is InChI=1S/4C4H12O7P2.4Na.4H/c4*1-3(2)11-13(9,10)4(5)12(6,7)8;;;;;;;;/h4*3-5H,1-2H3,(H,9,10)(H2,6,7,8);;;;;;;;/q;;;;4*+1;4*-1. The Morgan fingerprint density at radius 3 is 0.446 bits per heavy atom. The van der Waals surface area contributed by atoms with Gasteiger partial charge in [-0.15, -0.1) is 0 Å². The van der Waals surface area contributed by atoms with Crippen molar-refractivity contribution in [3.8, 4) is 0 Å². The molecule has 0 amide bonds. The fourth-order valence-corrected chi connectivity index (χ4v) is 11.8. The smallest absolute Gasteiger partial charge is 1.00 e. The van der Waals surface area contributed by atoms with Crippen molar-refractivity contribution in [3.63, 3.8) is 0 Å². The molecular formula is C16H52Na4O28P8. The first-order valence-corrected chi connectivity index (χ1v) is 26.6. The van der Waals surface area contributed by atoms with Gasteiger partial charge < -0.3 is 103 Å². The van der Waals surface area contributed by atoms with Gasteiger partial charge in [0.05, 0.1) is 24.4 Å². The van der Waals surface area contributed by atoms with Crippen LogP contribution in [-0.2, 0) is 54.6 Å². The van der Waals surface area contributed by atoms with Crippen LogP contribution in [0.1, 0.15) is 61.1 Å². The van der Waals surface area contributed by atoms with Crippen LogP contribution in [0.2, 0.25) is 0 Å². The van der Waals surface area contributed by atoms with Crippen LogP contribution < -0.4 is 118 Å². The molecule has 8 atom stereocenters. The van der Waals surface area contributed by atoms with Gasteiger partial charge in [-0.25, -0.2) is 0 Å². The maximum absolute atomic E-state index is 11.0. The molecule has 8 unspecified atom stereocenters. The Morgan fingerprint density at radius 2 is 0.393 bits per heavy atom. The molecule has 28 nitrogen and oxygen atoms in total. The first-order chi connectivity index (χ1) is 22.3. The molecule has 0 saturated heterocycles. The van der Waals surface area contributed by atoms with Crippen LogP contribution in [0.5, 0.6) is 0 Å². The molecule has 56 heavy (non-hydrogen) atoms. The molecule has 0 aliphatic rings. The Kier molecular flexibility index (Phi) is 44.5. The molecule has 0 radical (unpaired) electrons. The van der Waals surface area contributed by atoms with E-state index >= 15 is 0 Å². The van der Waals surface area contributed by atoms with Crippen LogP contribution in [0, 0.1) is 0 Å². The monoisotopic (exact) mass is 1030 g/mol. The van der Waals surface area contributed by atoms with E-state index in [2.05, 4.69) is 18.1 Å². The van der Waals surface area contributed by atoms with Gasteiger partial charge in [-0.2, -0.15) is 0 Å². The van der Waals surface area contributed by atoms with Crippen molar-refractivity contribution in [1.82, 2.24) is 0 Å². The van der Waals surface area contributed by atoms with Crippen molar-refractivity contribution in [1.29, 1.82) is 0 Å². The van der Waals surface area contributed by atoms with E-state index in [4.69, 9.17) is 79.1 Å². The molecule has 0 bridgehead atoms. The normalized spacial score (nSPS) is 18.5. The minimum atomic E-state index is -5.02. The van der Waals surface area contributed by atoms with Crippen LogP contribution in [0.25, 0.3) is 0 Å². The molecule has 0 aromatic rings. The van der Waals surface area contributed by atoms with Crippen LogP contribution in [-0.4, -0.2) is 126 Å². The van der Waals surface area contributed by atoms with Gasteiger partial charge in [0.1, 0.15) is 0 Å². The quantitative estimate of drug-likeness (QED) is 0.0504. The largest absolute Gasteiger partial charge is 1.00 e. The minimum absolute atomic E-state index is 0. The number of rotatable bonds is 16. The number of hydrogen-bond donors (Lipinski definition) is 16. The molecule has 328 valence electrons. The average molecular weight is 1030 g/mol. The van der Waals surface area contributed by atoms with Gasteiger partial charge in [0.15, 0.2) is 0 Å². The Hall–Kier alpha value is 5.04. The van der Waals surface area contributed by atoms with Gasteiger partial charge in [0.25, 0.3) is 22.3 Å². The third kappa shape index (κ3) is 37.3. The second-order valence-corrected chi connectivity index (χ2v) is 26.2. The van der Waals surface area contributed by atoms with Crippen molar-refractivity contribution in [2.45, 2.75) is 102 Å². The summed E-state index contributed by atoms with van der Waals surface area (Å²) < 4.78 is 103. The van der Waals surface area contributed by atoms with Gasteiger partial charge in [-0.05, 0) is 55.4 Å². The molecule has 0 aliphatic carbocycles. The Bertz CT molecular complexity index is 1280. The van der Waals surface area contributed by atoms with E-state index in [1.54, 1.807) is 0 Å². The molecule has 0 heterocycles. The maximum atomic E-state index is 11.0. The summed E-state index contributed by atoms with van der Waals surface area (Å²) in [6, 6.07) is 0. The molecule has 0 rings (SSSR count). The Balaban J connectivity index is -0.0000000490. The second kappa shape index (κ2) is 31.9. The summed E-state index contributed by atoms with van der Waals surface area (Å²) in [6.45, 7) is 11.2. The predicted octanol–water partition coefficient (Wildman–Crippen LogP) is -11.3. The summed E-state index contributed by atoms with van der Waals surface area (Å²) in [6.07, 6.45) is -2.84. The number of aliphatic hydroxyl groups excluding tert-OH is 4. The first kappa shape index (κ1) is 78.2. The topological polar surface area (TPSA) is 497 Å². The van der Waals surface area contributed by atoms with E-state index in [0.717, 1.165) is 0 Å². The van der Waals surface area contributed by atoms with Crippen molar-refractivity contribution in [3.05, 3.63) is 0 Å². The van der Waals surface area contributed by atoms with Crippen molar-refractivity contribution in [2.75, 3.05) is 0 Å². The van der Waals surface area contributed by atoms with E-state index in [-0.39, 0.29) is 124 Å². The SMILES string of the molecule is CC(C)OP(=O)(O)C(O)P(=O)(O)O.CC(C)OP(=O)(O)C(O)P(=O)(O)O.CC(C)OP(=O)(O)C(O)P(=O)(O)O.CC(C)OP(=O)(O)C(O)P(=O)(O)O.[H-].[H-].[H-].[H-].[Na+].[Na+].[Na+].[Na+]. The molecule has 0 fully saturated rings. The average Bonchev–Trinajstić information content (AvgIpc) is 2.82. The Labute approximate surface area is 416 Å².